The lowest BCUT2D eigenvalue weighted by molar-refractivity contribution is 0.640. The smallest absolute Gasteiger partial charge is 0.138 e. The minimum Gasteiger partial charge on any atom is -0.347 e. The zero-order valence-corrected chi connectivity index (χ0v) is 18.5. The third-order valence-electron chi connectivity index (χ3n) is 6.30. The maximum Gasteiger partial charge on any atom is 0.138 e. The summed E-state index contributed by atoms with van der Waals surface area (Å²) in [6, 6.07) is 23.4. The first-order chi connectivity index (χ1) is 15.9. The Hall–Kier alpha value is -4.84. The van der Waals surface area contributed by atoms with E-state index < -0.39 is 0 Å². The number of hydrogen-bond donors (Lipinski definition) is 0. The van der Waals surface area contributed by atoms with Crippen molar-refractivity contribution in [3.05, 3.63) is 99.8 Å². The Bertz CT molecular complexity index is 1380. The maximum absolute atomic E-state index is 9.66. The third-order valence-corrected chi connectivity index (χ3v) is 6.30. The van der Waals surface area contributed by atoms with E-state index in [0.29, 0.717) is 27.8 Å². The van der Waals surface area contributed by atoms with Crippen LogP contribution in [0, 0.1) is 45.3 Å². The molecule has 156 valence electrons. The molecule has 2 aromatic rings. The molecule has 0 unspecified atom stereocenters. The van der Waals surface area contributed by atoms with E-state index in [1.165, 1.54) is 5.56 Å². The highest BCUT2D eigenvalue weighted by Gasteiger charge is 2.38. The highest BCUT2D eigenvalue weighted by molar-refractivity contribution is 6.12. The Balaban J connectivity index is 2.03. The molecule has 0 aromatic heterocycles. The van der Waals surface area contributed by atoms with Gasteiger partial charge < -0.3 is 4.90 Å². The number of benzene rings is 2. The number of likely N-dealkylation sites (N-methyl/N-ethyl adjacent to an activating group) is 1. The molecule has 0 radical (unpaired) electrons. The second-order valence-corrected chi connectivity index (χ2v) is 8.33. The van der Waals surface area contributed by atoms with Gasteiger partial charge >= 0.3 is 0 Å². The van der Waals surface area contributed by atoms with Gasteiger partial charge in [-0.25, -0.2) is 0 Å². The molecule has 0 saturated heterocycles. The van der Waals surface area contributed by atoms with Crippen LogP contribution < -0.4 is 4.90 Å². The molecule has 0 amide bonds. The second-order valence-electron chi connectivity index (χ2n) is 8.33. The van der Waals surface area contributed by atoms with Crippen LogP contribution in [0.3, 0.4) is 0 Å². The van der Waals surface area contributed by atoms with Crippen molar-refractivity contribution in [1.29, 1.82) is 21.0 Å². The van der Waals surface area contributed by atoms with Crippen LogP contribution in [0.4, 0.5) is 5.69 Å². The predicted molar refractivity (Wildman–Crippen MR) is 127 cm³/mol. The molecule has 0 spiro atoms. The number of rotatable bonds is 1. The average molecular weight is 425 g/mol. The molecule has 4 rings (SSSR count). The first kappa shape index (κ1) is 21.4. The first-order valence-corrected chi connectivity index (χ1v) is 10.4. The number of hydrogen-bond acceptors (Lipinski definition) is 5. The zero-order valence-electron chi connectivity index (χ0n) is 18.5. The van der Waals surface area contributed by atoms with E-state index in [2.05, 4.69) is 30.9 Å². The summed E-state index contributed by atoms with van der Waals surface area (Å²) in [5, 5.41) is 38.7. The van der Waals surface area contributed by atoms with E-state index in [-0.39, 0.29) is 16.6 Å². The van der Waals surface area contributed by atoms with Crippen LogP contribution in [-0.4, -0.2) is 7.05 Å². The lowest BCUT2D eigenvalue weighted by atomic mass is 9.83. The zero-order chi connectivity index (χ0) is 23.8. The van der Waals surface area contributed by atoms with Crippen LogP contribution >= 0.6 is 0 Å². The minimum atomic E-state index is -0.276. The maximum atomic E-state index is 9.66. The summed E-state index contributed by atoms with van der Waals surface area (Å²) in [5.41, 5.74) is 5.70. The molecule has 1 heterocycles. The summed E-state index contributed by atoms with van der Waals surface area (Å²) < 4.78 is 0. The topological polar surface area (TPSA) is 98.4 Å². The number of nitrogens with zero attached hydrogens (tertiary/aromatic N) is 5. The van der Waals surface area contributed by atoms with E-state index >= 15 is 0 Å². The first-order valence-electron chi connectivity index (χ1n) is 10.4. The van der Waals surface area contributed by atoms with Gasteiger partial charge in [0.2, 0.25) is 0 Å². The molecule has 0 bridgehead atoms. The Labute approximate surface area is 193 Å². The van der Waals surface area contributed by atoms with Gasteiger partial charge in [-0.2, -0.15) is 21.0 Å². The monoisotopic (exact) mass is 425 g/mol. The van der Waals surface area contributed by atoms with Crippen LogP contribution in [0.15, 0.2) is 83.1 Å². The van der Waals surface area contributed by atoms with Crippen molar-refractivity contribution in [2.24, 2.45) is 0 Å². The molecular formula is C28H19N5. The van der Waals surface area contributed by atoms with Gasteiger partial charge in [0.1, 0.15) is 35.4 Å². The van der Waals surface area contributed by atoms with Crippen molar-refractivity contribution in [2.45, 2.75) is 19.3 Å². The molecule has 2 aromatic carbocycles. The fourth-order valence-electron chi connectivity index (χ4n) is 4.78. The van der Waals surface area contributed by atoms with Gasteiger partial charge in [0.05, 0.1) is 0 Å². The summed E-state index contributed by atoms with van der Waals surface area (Å²) in [7, 11) is 2.00. The highest BCUT2D eigenvalue weighted by Crippen LogP contribution is 2.49. The molecule has 2 aliphatic rings. The van der Waals surface area contributed by atoms with Gasteiger partial charge in [-0.15, -0.1) is 0 Å². The standard InChI is InChI=1S/C28H19N5/c1-28(2)23-10-6-7-11-24(23)33(3)25(28)13-12-22-26(18(14-29)15-30)20-8-4-5-9-21(20)27(22)19(16-31)17-32/h4-13H,1-3H3/b25-13-. The number of allylic oxidation sites excluding steroid dienone is 8. The number of para-hydroxylation sites is 1. The van der Waals surface area contributed by atoms with Crippen LogP contribution in [0.2, 0.25) is 0 Å². The van der Waals surface area contributed by atoms with Crippen molar-refractivity contribution >= 4 is 16.8 Å². The Kier molecular flexibility index (Phi) is 5.20. The summed E-state index contributed by atoms with van der Waals surface area (Å²) in [6.07, 6.45) is 3.79. The van der Waals surface area contributed by atoms with E-state index in [1.807, 2.05) is 67.7 Å². The quantitative estimate of drug-likeness (QED) is 0.559. The lowest BCUT2D eigenvalue weighted by Gasteiger charge is -2.24. The molecule has 0 atom stereocenters. The molecule has 1 aliphatic heterocycles. The molecule has 5 heteroatoms. The van der Waals surface area contributed by atoms with E-state index in [4.69, 9.17) is 0 Å². The average Bonchev–Trinajstić information content (AvgIpc) is 3.24. The number of anilines is 1. The SMILES string of the molecule is CN1/C(=C\C=C2C(=C(C#N)C#N)c3ccccc3C2=C(C#N)C#N)C(C)(C)c2ccccc21. The lowest BCUT2D eigenvalue weighted by Crippen LogP contribution is -2.22. The number of fused-ring (bicyclic) bond motifs is 2. The molecule has 33 heavy (non-hydrogen) atoms. The summed E-state index contributed by atoms with van der Waals surface area (Å²) in [5.74, 6) is 0. The van der Waals surface area contributed by atoms with Crippen LogP contribution in [0.25, 0.3) is 11.1 Å². The van der Waals surface area contributed by atoms with E-state index in [0.717, 1.165) is 11.4 Å². The molecule has 1 aliphatic carbocycles. The third kappa shape index (κ3) is 3.13. The largest absolute Gasteiger partial charge is 0.347 e. The number of nitriles is 4. The van der Waals surface area contributed by atoms with Crippen LogP contribution in [0.5, 0.6) is 0 Å². The van der Waals surface area contributed by atoms with Gasteiger partial charge in [-0.05, 0) is 34.4 Å². The van der Waals surface area contributed by atoms with Gasteiger partial charge in [-0.1, -0.05) is 62.4 Å². The molecule has 0 fully saturated rings. The van der Waals surface area contributed by atoms with Crippen molar-refractivity contribution in [3.8, 4) is 24.3 Å². The predicted octanol–water partition coefficient (Wildman–Crippen LogP) is 5.54. The fourth-order valence-corrected chi connectivity index (χ4v) is 4.78. The van der Waals surface area contributed by atoms with E-state index in [9.17, 15) is 21.0 Å². The van der Waals surface area contributed by atoms with Crippen LogP contribution in [0.1, 0.15) is 30.5 Å². The van der Waals surface area contributed by atoms with Crippen molar-refractivity contribution in [3.63, 3.8) is 0 Å². The fraction of sp³-hybridized carbons (Fsp3) is 0.143. The molecular weight excluding hydrogens is 406 g/mol. The van der Waals surface area contributed by atoms with Crippen molar-refractivity contribution in [1.82, 2.24) is 0 Å². The van der Waals surface area contributed by atoms with Gasteiger partial charge in [0.15, 0.2) is 0 Å². The van der Waals surface area contributed by atoms with Gasteiger partial charge in [0.25, 0.3) is 0 Å². The summed E-state index contributed by atoms with van der Waals surface area (Å²) in [6.45, 7) is 4.28. The Morgan fingerprint density at radius 1 is 0.758 bits per heavy atom. The Morgan fingerprint density at radius 2 is 1.24 bits per heavy atom. The minimum absolute atomic E-state index is 0.0559. The highest BCUT2D eigenvalue weighted by atomic mass is 15.2. The summed E-state index contributed by atoms with van der Waals surface area (Å²) >= 11 is 0. The van der Waals surface area contributed by atoms with Crippen LogP contribution in [-0.2, 0) is 5.41 Å². The summed E-state index contributed by atoms with van der Waals surface area (Å²) in [4.78, 5) is 2.12. The van der Waals surface area contributed by atoms with Crippen molar-refractivity contribution < 1.29 is 0 Å². The van der Waals surface area contributed by atoms with Gasteiger partial charge in [-0.3, -0.25) is 0 Å². The normalized spacial score (nSPS) is 16.3. The molecule has 0 N–H and O–H groups in total. The molecule has 5 nitrogen and oxygen atoms in total. The van der Waals surface area contributed by atoms with Gasteiger partial charge in [0, 0.05) is 35.0 Å². The van der Waals surface area contributed by atoms with Crippen molar-refractivity contribution in [2.75, 3.05) is 11.9 Å². The Morgan fingerprint density at radius 3 is 1.73 bits per heavy atom. The second kappa shape index (κ2) is 8.01. The molecule has 0 saturated carbocycles. The van der Waals surface area contributed by atoms with E-state index in [1.54, 1.807) is 12.1 Å².